The van der Waals surface area contributed by atoms with Crippen molar-refractivity contribution in [1.82, 2.24) is 0 Å². The van der Waals surface area contributed by atoms with Gasteiger partial charge in [-0.1, -0.05) is 29.3 Å². The molecular weight excluding hydrogens is 438 g/mol. The van der Waals surface area contributed by atoms with Gasteiger partial charge in [-0.3, -0.25) is 9.52 Å². The van der Waals surface area contributed by atoms with E-state index < -0.39 is 21.7 Å². The summed E-state index contributed by atoms with van der Waals surface area (Å²) in [6.07, 6.45) is 0. The van der Waals surface area contributed by atoms with Crippen LogP contribution in [0.25, 0.3) is 0 Å². The Morgan fingerprint density at radius 2 is 1.62 bits per heavy atom. The van der Waals surface area contributed by atoms with Gasteiger partial charge in [0.05, 0.1) is 15.6 Å². The SMILES string of the molecule is Cc1c(Cl)cccc1NC(=O)c1ccc(Cl)c(NS(=O)(=O)c2ccc(F)cc2)c1. The van der Waals surface area contributed by atoms with Crippen LogP contribution in [0.2, 0.25) is 10.0 Å². The van der Waals surface area contributed by atoms with Crippen molar-refractivity contribution in [2.75, 3.05) is 10.0 Å². The molecule has 29 heavy (non-hydrogen) atoms. The Labute approximate surface area is 177 Å². The van der Waals surface area contributed by atoms with E-state index in [1.807, 2.05) is 0 Å². The fourth-order valence-corrected chi connectivity index (χ4v) is 3.97. The van der Waals surface area contributed by atoms with Crippen LogP contribution in [-0.4, -0.2) is 14.3 Å². The molecule has 0 heterocycles. The number of hydrogen-bond donors (Lipinski definition) is 2. The van der Waals surface area contributed by atoms with Crippen molar-refractivity contribution in [2.24, 2.45) is 0 Å². The largest absolute Gasteiger partial charge is 0.322 e. The number of halogens is 3. The highest BCUT2D eigenvalue weighted by molar-refractivity contribution is 7.92. The molecule has 1 amide bonds. The number of nitrogens with one attached hydrogen (secondary N) is 2. The Bertz CT molecular complexity index is 1180. The van der Waals surface area contributed by atoms with E-state index in [2.05, 4.69) is 10.0 Å². The molecule has 3 rings (SSSR count). The lowest BCUT2D eigenvalue weighted by atomic mass is 10.1. The zero-order valence-corrected chi connectivity index (χ0v) is 17.4. The summed E-state index contributed by atoms with van der Waals surface area (Å²) in [5.41, 5.74) is 1.44. The standard InChI is InChI=1S/C20H15Cl2FN2O3S/c1-12-16(21)3-2-4-18(12)24-20(26)13-5-10-17(22)19(11-13)25-29(27,28)15-8-6-14(23)7-9-15/h2-11,25H,1H3,(H,24,26). The predicted molar refractivity (Wildman–Crippen MR) is 113 cm³/mol. The molecule has 0 atom stereocenters. The molecule has 0 bridgehead atoms. The van der Waals surface area contributed by atoms with Gasteiger partial charge < -0.3 is 5.32 Å². The number of carbonyl (C=O) groups excluding carboxylic acids is 1. The van der Waals surface area contributed by atoms with Crippen molar-refractivity contribution in [3.05, 3.63) is 87.7 Å². The predicted octanol–water partition coefficient (Wildman–Crippen LogP) is 5.49. The number of benzene rings is 3. The second-order valence-corrected chi connectivity index (χ2v) is 8.62. The minimum atomic E-state index is -4.02. The molecule has 0 aliphatic heterocycles. The summed E-state index contributed by atoms with van der Waals surface area (Å²) in [4.78, 5) is 12.5. The number of rotatable bonds is 5. The lowest BCUT2D eigenvalue weighted by Crippen LogP contribution is -2.16. The molecule has 0 fully saturated rings. The van der Waals surface area contributed by atoms with Crippen LogP contribution in [-0.2, 0) is 10.0 Å². The number of hydrogen-bond acceptors (Lipinski definition) is 3. The molecule has 3 aromatic carbocycles. The first-order chi connectivity index (χ1) is 13.7. The van der Waals surface area contributed by atoms with Gasteiger partial charge in [-0.05, 0) is 67.1 Å². The zero-order chi connectivity index (χ0) is 21.2. The van der Waals surface area contributed by atoms with E-state index in [0.717, 1.165) is 24.3 Å². The Morgan fingerprint density at radius 1 is 0.931 bits per heavy atom. The monoisotopic (exact) mass is 452 g/mol. The van der Waals surface area contributed by atoms with Crippen LogP contribution in [0, 0.1) is 12.7 Å². The Balaban J connectivity index is 1.87. The Hall–Kier alpha value is -2.61. The maximum Gasteiger partial charge on any atom is 0.261 e. The molecule has 5 nitrogen and oxygen atoms in total. The summed E-state index contributed by atoms with van der Waals surface area (Å²) in [6.45, 7) is 1.77. The van der Waals surface area contributed by atoms with Crippen LogP contribution in [0.5, 0.6) is 0 Å². The van der Waals surface area contributed by atoms with E-state index in [1.54, 1.807) is 25.1 Å². The van der Waals surface area contributed by atoms with E-state index in [1.165, 1.54) is 18.2 Å². The summed E-state index contributed by atoms with van der Waals surface area (Å²) in [6, 6.07) is 13.6. The topological polar surface area (TPSA) is 75.3 Å². The summed E-state index contributed by atoms with van der Waals surface area (Å²) in [5.74, 6) is -1.02. The Kier molecular flexibility index (Phi) is 6.12. The van der Waals surface area contributed by atoms with Gasteiger partial charge in [0.1, 0.15) is 5.82 Å². The van der Waals surface area contributed by atoms with E-state index in [0.29, 0.717) is 16.3 Å². The van der Waals surface area contributed by atoms with Gasteiger partial charge in [0.25, 0.3) is 15.9 Å². The quantitative estimate of drug-likeness (QED) is 0.536. The second kappa shape index (κ2) is 8.41. The van der Waals surface area contributed by atoms with E-state index in [9.17, 15) is 17.6 Å². The van der Waals surface area contributed by atoms with Crippen LogP contribution < -0.4 is 10.0 Å². The van der Waals surface area contributed by atoms with Gasteiger partial charge in [-0.15, -0.1) is 0 Å². The third kappa shape index (κ3) is 4.87. The lowest BCUT2D eigenvalue weighted by Gasteiger charge is -2.13. The minimum Gasteiger partial charge on any atom is -0.322 e. The van der Waals surface area contributed by atoms with Crippen molar-refractivity contribution in [3.63, 3.8) is 0 Å². The van der Waals surface area contributed by atoms with Crippen LogP contribution in [0.1, 0.15) is 15.9 Å². The number of anilines is 2. The molecule has 3 aromatic rings. The second-order valence-electron chi connectivity index (χ2n) is 6.12. The molecule has 0 radical (unpaired) electrons. The summed E-state index contributed by atoms with van der Waals surface area (Å²) < 4.78 is 40.4. The van der Waals surface area contributed by atoms with Gasteiger partial charge in [0.2, 0.25) is 0 Å². The van der Waals surface area contributed by atoms with Crippen LogP contribution in [0.3, 0.4) is 0 Å². The molecule has 0 aliphatic rings. The van der Waals surface area contributed by atoms with Crippen molar-refractivity contribution >= 4 is 50.5 Å². The molecule has 0 aromatic heterocycles. The van der Waals surface area contributed by atoms with E-state index in [-0.39, 0.29) is 21.2 Å². The molecule has 2 N–H and O–H groups in total. The molecule has 9 heteroatoms. The summed E-state index contributed by atoms with van der Waals surface area (Å²) in [7, 11) is -4.02. The van der Waals surface area contributed by atoms with E-state index in [4.69, 9.17) is 23.2 Å². The maximum atomic E-state index is 13.1. The molecule has 0 spiro atoms. The highest BCUT2D eigenvalue weighted by atomic mass is 35.5. The number of carbonyl (C=O) groups is 1. The van der Waals surface area contributed by atoms with Gasteiger partial charge in [-0.25, -0.2) is 12.8 Å². The van der Waals surface area contributed by atoms with Gasteiger partial charge in [0.15, 0.2) is 0 Å². The highest BCUT2D eigenvalue weighted by Gasteiger charge is 2.18. The zero-order valence-electron chi connectivity index (χ0n) is 15.0. The van der Waals surface area contributed by atoms with Crippen LogP contribution in [0.4, 0.5) is 15.8 Å². The van der Waals surface area contributed by atoms with Gasteiger partial charge in [0, 0.05) is 16.3 Å². The van der Waals surface area contributed by atoms with E-state index >= 15 is 0 Å². The first-order valence-electron chi connectivity index (χ1n) is 8.32. The number of sulfonamides is 1. The smallest absolute Gasteiger partial charge is 0.261 e. The average molecular weight is 453 g/mol. The van der Waals surface area contributed by atoms with Crippen molar-refractivity contribution in [1.29, 1.82) is 0 Å². The Morgan fingerprint density at radius 3 is 2.31 bits per heavy atom. The number of amides is 1. The summed E-state index contributed by atoms with van der Waals surface area (Å²) >= 11 is 12.2. The minimum absolute atomic E-state index is 0.0199. The average Bonchev–Trinajstić information content (AvgIpc) is 2.67. The van der Waals surface area contributed by atoms with Crippen molar-refractivity contribution in [2.45, 2.75) is 11.8 Å². The van der Waals surface area contributed by atoms with Crippen molar-refractivity contribution in [3.8, 4) is 0 Å². The molecule has 0 aliphatic carbocycles. The van der Waals surface area contributed by atoms with Gasteiger partial charge in [-0.2, -0.15) is 0 Å². The first-order valence-corrected chi connectivity index (χ1v) is 10.6. The van der Waals surface area contributed by atoms with Crippen LogP contribution in [0.15, 0.2) is 65.6 Å². The molecule has 0 saturated carbocycles. The molecule has 150 valence electrons. The normalized spacial score (nSPS) is 11.2. The third-order valence-electron chi connectivity index (χ3n) is 4.11. The highest BCUT2D eigenvalue weighted by Crippen LogP contribution is 2.28. The fourth-order valence-electron chi connectivity index (χ4n) is 2.50. The third-order valence-corrected chi connectivity index (χ3v) is 6.23. The lowest BCUT2D eigenvalue weighted by molar-refractivity contribution is 0.102. The fraction of sp³-hybridized carbons (Fsp3) is 0.0500. The maximum absolute atomic E-state index is 13.1. The first kappa shape index (κ1) is 21.1. The molecule has 0 saturated heterocycles. The van der Waals surface area contributed by atoms with Crippen LogP contribution >= 0.6 is 23.2 Å². The molecule has 0 unspecified atom stereocenters. The van der Waals surface area contributed by atoms with Gasteiger partial charge >= 0.3 is 0 Å². The van der Waals surface area contributed by atoms with Crippen molar-refractivity contribution < 1.29 is 17.6 Å². The molecular formula is C20H15Cl2FN2O3S. The summed E-state index contributed by atoms with van der Waals surface area (Å²) in [5, 5.41) is 3.34.